The fourth-order valence-electron chi connectivity index (χ4n) is 4.40. The molecule has 4 rings (SSSR count). The van der Waals surface area contributed by atoms with Crippen LogP contribution in [-0.2, 0) is 0 Å². The van der Waals surface area contributed by atoms with Gasteiger partial charge in [-0.3, -0.25) is 0 Å². The van der Waals surface area contributed by atoms with Gasteiger partial charge in [-0.05, 0) is 83.6 Å². The van der Waals surface area contributed by atoms with Gasteiger partial charge in [0, 0.05) is 0 Å². The number of ether oxygens (including phenoxy) is 2. The van der Waals surface area contributed by atoms with Crippen molar-refractivity contribution in [2.24, 2.45) is 0 Å². The normalized spacial score (nSPS) is 11.1. The molecular weight excluding hydrogens is 542 g/mol. The molecule has 0 radical (unpaired) electrons. The zero-order valence-electron chi connectivity index (χ0n) is 22.4. The Morgan fingerprint density at radius 1 is 0.341 bits per heavy atom. The van der Waals surface area contributed by atoms with Crippen LogP contribution in [0.15, 0.2) is 72.8 Å². The number of unbranched alkanes of at least 4 members (excludes halogenated alkanes) is 6. The largest absolute Gasteiger partial charge is 0.491 e. The third-order valence-corrected chi connectivity index (χ3v) is 6.67. The van der Waals surface area contributed by atoms with Crippen LogP contribution in [0.4, 0.5) is 26.3 Å². The van der Waals surface area contributed by atoms with Crippen molar-refractivity contribution in [1.29, 1.82) is 0 Å². The van der Waals surface area contributed by atoms with Crippen LogP contribution in [0.3, 0.4) is 0 Å². The van der Waals surface area contributed by atoms with Crippen molar-refractivity contribution in [1.82, 2.24) is 0 Å². The molecule has 0 aromatic heterocycles. The Bertz CT molecular complexity index is 1350. The van der Waals surface area contributed by atoms with E-state index in [-0.39, 0.29) is 11.5 Å². The summed E-state index contributed by atoms with van der Waals surface area (Å²) in [6.45, 7) is 0.742. The van der Waals surface area contributed by atoms with Gasteiger partial charge >= 0.3 is 0 Å². The Morgan fingerprint density at radius 3 is 1.00 bits per heavy atom. The number of hydrogen-bond donors (Lipinski definition) is 0. The molecule has 0 bridgehead atoms. The van der Waals surface area contributed by atoms with Crippen LogP contribution < -0.4 is 9.47 Å². The van der Waals surface area contributed by atoms with Crippen LogP contribution in [-0.4, -0.2) is 13.2 Å². The molecule has 4 aromatic rings. The van der Waals surface area contributed by atoms with Crippen LogP contribution in [0.1, 0.15) is 44.9 Å². The van der Waals surface area contributed by atoms with Gasteiger partial charge in [-0.2, -0.15) is 0 Å². The van der Waals surface area contributed by atoms with E-state index in [9.17, 15) is 26.3 Å². The minimum absolute atomic E-state index is 0.117. The van der Waals surface area contributed by atoms with Gasteiger partial charge in [0.15, 0.2) is 46.4 Å². The molecule has 216 valence electrons. The average Bonchev–Trinajstić information content (AvgIpc) is 2.96. The van der Waals surface area contributed by atoms with E-state index in [0.29, 0.717) is 35.5 Å². The lowest BCUT2D eigenvalue weighted by molar-refractivity contribution is 0.286. The van der Waals surface area contributed by atoms with Crippen molar-refractivity contribution in [2.75, 3.05) is 13.2 Å². The lowest BCUT2D eigenvalue weighted by Gasteiger charge is -2.10. The van der Waals surface area contributed by atoms with Gasteiger partial charge in [-0.1, -0.05) is 56.4 Å². The quantitative estimate of drug-likeness (QED) is 0.111. The first kappa shape index (κ1) is 30.0. The molecule has 41 heavy (non-hydrogen) atoms. The van der Waals surface area contributed by atoms with E-state index in [2.05, 4.69) is 0 Å². The Hall–Kier alpha value is -3.94. The van der Waals surface area contributed by atoms with Crippen LogP contribution in [0.5, 0.6) is 11.5 Å². The number of hydrogen-bond acceptors (Lipinski definition) is 2. The Balaban J connectivity index is 1.06. The molecule has 4 aromatic carbocycles. The van der Waals surface area contributed by atoms with Crippen molar-refractivity contribution < 1.29 is 35.8 Å². The van der Waals surface area contributed by atoms with Crippen molar-refractivity contribution >= 4 is 0 Å². The number of benzene rings is 4. The number of rotatable bonds is 14. The van der Waals surface area contributed by atoms with E-state index in [1.54, 1.807) is 12.1 Å². The zero-order valence-corrected chi connectivity index (χ0v) is 22.4. The molecule has 0 heterocycles. The van der Waals surface area contributed by atoms with E-state index >= 15 is 0 Å². The van der Waals surface area contributed by atoms with E-state index in [1.807, 2.05) is 0 Å². The molecule has 0 unspecified atom stereocenters. The summed E-state index contributed by atoms with van der Waals surface area (Å²) < 4.78 is 93.0. The van der Waals surface area contributed by atoms with E-state index < -0.39 is 34.9 Å². The summed E-state index contributed by atoms with van der Waals surface area (Å²) in [6, 6.07) is 15.5. The lowest BCUT2D eigenvalue weighted by atomic mass is 10.1. The standard InChI is InChI=1S/C33H30F6O2/c34-26-12-8-22(18-28(26)36)24-10-14-32(30(38)20-24)40-16-6-4-2-1-3-5-7-17-41-33-15-11-25(21-31(33)39)23-9-13-27(35)29(37)19-23/h8-15,18-21H,1-7,16-17H2. The van der Waals surface area contributed by atoms with Gasteiger partial charge in [0.1, 0.15) is 0 Å². The predicted octanol–water partition coefficient (Wildman–Crippen LogP) is 10.0. The second-order valence-corrected chi connectivity index (χ2v) is 9.72. The average molecular weight is 573 g/mol. The molecule has 0 saturated heterocycles. The third-order valence-electron chi connectivity index (χ3n) is 6.67. The Kier molecular flexibility index (Phi) is 10.7. The summed E-state index contributed by atoms with van der Waals surface area (Å²) in [5.74, 6) is -4.77. The molecule has 0 atom stereocenters. The molecule has 0 saturated carbocycles. The molecule has 8 heteroatoms. The highest BCUT2D eigenvalue weighted by Gasteiger charge is 2.10. The van der Waals surface area contributed by atoms with Crippen LogP contribution in [0.25, 0.3) is 22.3 Å². The first-order valence-electron chi connectivity index (χ1n) is 13.6. The molecule has 0 amide bonds. The lowest BCUT2D eigenvalue weighted by Crippen LogP contribution is -2.00. The molecule has 0 spiro atoms. The highest BCUT2D eigenvalue weighted by molar-refractivity contribution is 5.65. The van der Waals surface area contributed by atoms with Crippen molar-refractivity contribution in [2.45, 2.75) is 44.9 Å². The highest BCUT2D eigenvalue weighted by Crippen LogP contribution is 2.28. The van der Waals surface area contributed by atoms with Crippen LogP contribution in [0, 0.1) is 34.9 Å². The van der Waals surface area contributed by atoms with Crippen LogP contribution >= 0.6 is 0 Å². The minimum Gasteiger partial charge on any atom is -0.491 e. The summed E-state index contributed by atoms with van der Waals surface area (Å²) in [5, 5.41) is 0. The molecular formula is C33H30F6O2. The van der Waals surface area contributed by atoms with Gasteiger partial charge < -0.3 is 9.47 Å². The molecule has 0 aliphatic carbocycles. The summed E-state index contributed by atoms with van der Waals surface area (Å²) in [7, 11) is 0. The zero-order chi connectivity index (χ0) is 29.2. The van der Waals surface area contributed by atoms with Gasteiger partial charge in [0.05, 0.1) is 13.2 Å². The molecule has 2 nitrogen and oxygen atoms in total. The maximum absolute atomic E-state index is 14.4. The van der Waals surface area contributed by atoms with Crippen molar-refractivity contribution in [3.05, 3.63) is 108 Å². The van der Waals surface area contributed by atoms with Gasteiger partial charge in [0.25, 0.3) is 0 Å². The molecule has 0 aliphatic heterocycles. The summed E-state index contributed by atoms with van der Waals surface area (Å²) >= 11 is 0. The molecule has 0 fully saturated rings. The fraction of sp³-hybridized carbons (Fsp3) is 0.273. The summed E-state index contributed by atoms with van der Waals surface area (Å²) in [4.78, 5) is 0. The van der Waals surface area contributed by atoms with Gasteiger partial charge in [-0.25, -0.2) is 26.3 Å². The van der Waals surface area contributed by atoms with Crippen LogP contribution in [0.2, 0.25) is 0 Å². The first-order chi connectivity index (χ1) is 19.8. The fourth-order valence-corrected chi connectivity index (χ4v) is 4.40. The van der Waals surface area contributed by atoms with Crippen molar-refractivity contribution in [3.63, 3.8) is 0 Å². The second kappa shape index (κ2) is 14.6. The monoisotopic (exact) mass is 572 g/mol. The maximum Gasteiger partial charge on any atom is 0.165 e. The van der Waals surface area contributed by atoms with Gasteiger partial charge in [-0.15, -0.1) is 0 Å². The Morgan fingerprint density at radius 2 is 0.659 bits per heavy atom. The van der Waals surface area contributed by atoms with Crippen molar-refractivity contribution in [3.8, 4) is 33.8 Å². The molecule has 0 N–H and O–H groups in total. The maximum atomic E-state index is 14.4. The smallest absolute Gasteiger partial charge is 0.165 e. The number of halogens is 6. The van der Waals surface area contributed by atoms with E-state index in [1.165, 1.54) is 36.4 Å². The Labute approximate surface area is 235 Å². The third kappa shape index (κ3) is 8.52. The second-order valence-electron chi connectivity index (χ2n) is 9.72. The topological polar surface area (TPSA) is 18.5 Å². The van der Waals surface area contributed by atoms with Gasteiger partial charge in [0.2, 0.25) is 0 Å². The summed E-state index contributed by atoms with van der Waals surface area (Å²) in [6.07, 6.45) is 6.43. The highest BCUT2D eigenvalue weighted by atomic mass is 19.2. The minimum atomic E-state index is -0.987. The SMILES string of the molecule is Fc1ccc(-c2ccc(OCCCCCCCCCOc3ccc(-c4ccc(F)c(F)c4)cc3F)c(F)c2)cc1F. The van der Waals surface area contributed by atoms with E-state index in [4.69, 9.17) is 9.47 Å². The predicted molar refractivity (Wildman–Crippen MR) is 147 cm³/mol. The summed E-state index contributed by atoms with van der Waals surface area (Å²) in [5.41, 5.74) is 1.62. The van der Waals surface area contributed by atoms with E-state index in [0.717, 1.165) is 69.2 Å². The first-order valence-corrected chi connectivity index (χ1v) is 13.6. The molecule has 0 aliphatic rings.